The van der Waals surface area contributed by atoms with Crippen LogP contribution in [0.25, 0.3) is 0 Å². The summed E-state index contributed by atoms with van der Waals surface area (Å²) < 4.78 is 45.5. The lowest BCUT2D eigenvalue weighted by Crippen LogP contribution is -2.48. The SMILES string of the molecule is CN1CCC(NC(=O)c2ccc(NC3=NC4=C(C[N+]35CC5)N(C)C(=O)CCN4C3CCCC3)c(OC(F)(F)F)c2)CC1. The predicted octanol–water partition coefficient (Wildman–Crippen LogP) is 3.30. The van der Waals surface area contributed by atoms with Gasteiger partial charge in [-0.1, -0.05) is 12.8 Å². The van der Waals surface area contributed by atoms with E-state index in [1.54, 1.807) is 11.9 Å². The first kappa shape index (κ1) is 28.8. The number of alkyl halides is 3. The van der Waals surface area contributed by atoms with Crippen LogP contribution >= 0.6 is 0 Å². The molecule has 1 saturated carbocycles. The van der Waals surface area contributed by atoms with Crippen molar-refractivity contribution in [2.75, 3.05) is 58.7 Å². The van der Waals surface area contributed by atoms with E-state index in [4.69, 9.17) is 4.99 Å². The molecule has 2 amide bonds. The van der Waals surface area contributed by atoms with Crippen molar-refractivity contribution in [1.29, 1.82) is 0 Å². The Morgan fingerprint density at radius 3 is 2.45 bits per heavy atom. The van der Waals surface area contributed by atoms with E-state index in [0.717, 1.165) is 82.3 Å². The predicted molar refractivity (Wildman–Crippen MR) is 150 cm³/mol. The molecule has 6 rings (SSSR count). The highest BCUT2D eigenvalue weighted by molar-refractivity contribution is 5.97. The van der Waals surface area contributed by atoms with E-state index in [0.29, 0.717) is 30.0 Å². The molecule has 0 atom stereocenters. The molecule has 1 aromatic rings. The molecule has 1 aromatic carbocycles. The van der Waals surface area contributed by atoms with Gasteiger partial charge in [-0.15, -0.1) is 13.2 Å². The molecule has 10 nitrogen and oxygen atoms in total. The molecule has 1 spiro atoms. The second-order valence-corrected chi connectivity index (χ2v) is 12.2. The highest BCUT2D eigenvalue weighted by Crippen LogP contribution is 2.39. The van der Waals surface area contributed by atoms with E-state index < -0.39 is 18.0 Å². The van der Waals surface area contributed by atoms with Gasteiger partial charge in [-0.05, 0) is 64.0 Å². The number of anilines is 1. The number of piperidine rings is 1. The lowest BCUT2D eigenvalue weighted by molar-refractivity contribution is -0.696. The molecular formula is C29H39F3N7O3+. The van der Waals surface area contributed by atoms with E-state index in [9.17, 15) is 22.8 Å². The number of carbonyl (C=O) groups is 2. The first-order chi connectivity index (χ1) is 20.0. The molecule has 1 aliphatic carbocycles. The summed E-state index contributed by atoms with van der Waals surface area (Å²) in [6.45, 7) is 4.28. The van der Waals surface area contributed by atoms with E-state index in [2.05, 4.69) is 25.2 Å². The number of nitrogens with one attached hydrogen (secondary N) is 2. The van der Waals surface area contributed by atoms with Gasteiger partial charge in [0.1, 0.15) is 25.3 Å². The Labute approximate surface area is 243 Å². The molecule has 0 radical (unpaired) electrons. The van der Waals surface area contributed by atoms with Crippen molar-refractivity contribution in [3.63, 3.8) is 0 Å². The molecular weight excluding hydrogens is 551 g/mol. The van der Waals surface area contributed by atoms with Gasteiger partial charge in [0.2, 0.25) is 5.91 Å². The Morgan fingerprint density at radius 1 is 1.07 bits per heavy atom. The number of guanidine groups is 1. The van der Waals surface area contributed by atoms with Crippen LogP contribution in [0.5, 0.6) is 5.75 Å². The number of aliphatic imine (C=N–C) groups is 1. The molecule has 0 unspecified atom stereocenters. The number of nitrogens with zero attached hydrogens (tertiary/aromatic N) is 5. The molecule has 4 heterocycles. The Bertz CT molecular complexity index is 1300. The van der Waals surface area contributed by atoms with Crippen LogP contribution < -0.4 is 15.4 Å². The lowest BCUT2D eigenvalue weighted by Gasteiger charge is -2.35. The van der Waals surface area contributed by atoms with Crippen LogP contribution in [0.15, 0.2) is 34.7 Å². The zero-order valence-corrected chi connectivity index (χ0v) is 24.2. The zero-order chi connectivity index (χ0) is 29.6. The quantitative estimate of drug-likeness (QED) is 0.404. The Hall–Kier alpha value is -3.32. The van der Waals surface area contributed by atoms with E-state index in [-0.39, 0.29) is 29.2 Å². The number of carbonyl (C=O) groups excluding carboxylic acids is 2. The monoisotopic (exact) mass is 590 g/mol. The van der Waals surface area contributed by atoms with Gasteiger partial charge in [-0.25, -0.2) is 4.48 Å². The fourth-order valence-electron chi connectivity index (χ4n) is 6.56. The number of benzene rings is 1. The molecule has 0 bridgehead atoms. The van der Waals surface area contributed by atoms with Gasteiger partial charge in [0, 0.05) is 37.7 Å². The normalized spacial score (nSPS) is 23.5. The lowest BCUT2D eigenvalue weighted by atomic mass is 10.0. The van der Waals surface area contributed by atoms with Crippen molar-refractivity contribution in [3.05, 3.63) is 35.3 Å². The minimum absolute atomic E-state index is 0.0306. The minimum atomic E-state index is -4.95. The number of hydrogen-bond acceptors (Lipinski definition) is 7. The Balaban J connectivity index is 1.30. The molecule has 228 valence electrons. The summed E-state index contributed by atoms with van der Waals surface area (Å²) in [5.74, 6) is 0.378. The first-order valence-corrected chi connectivity index (χ1v) is 14.9. The summed E-state index contributed by atoms with van der Waals surface area (Å²) in [5, 5.41) is 6.12. The summed E-state index contributed by atoms with van der Waals surface area (Å²) in [4.78, 5) is 37.0. The van der Waals surface area contributed by atoms with Crippen LogP contribution in [0.3, 0.4) is 0 Å². The number of likely N-dealkylation sites (tertiary alicyclic amines) is 1. The van der Waals surface area contributed by atoms with Crippen LogP contribution in [0.1, 0.15) is 55.3 Å². The number of hydrogen-bond donors (Lipinski definition) is 2. The maximum absolute atomic E-state index is 13.5. The van der Waals surface area contributed by atoms with E-state index in [1.165, 1.54) is 12.1 Å². The van der Waals surface area contributed by atoms with Gasteiger partial charge in [-0.3, -0.25) is 14.9 Å². The summed E-state index contributed by atoms with van der Waals surface area (Å²) in [7, 11) is 3.80. The van der Waals surface area contributed by atoms with Crippen LogP contribution in [0.4, 0.5) is 18.9 Å². The fourth-order valence-corrected chi connectivity index (χ4v) is 6.56. The van der Waals surface area contributed by atoms with Crippen molar-refractivity contribution >= 4 is 23.5 Å². The van der Waals surface area contributed by atoms with Crippen molar-refractivity contribution in [3.8, 4) is 5.75 Å². The van der Waals surface area contributed by atoms with Crippen molar-refractivity contribution in [2.45, 2.75) is 63.4 Å². The molecule has 2 N–H and O–H groups in total. The fraction of sp³-hybridized carbons (Fsp3) is 0.621. The Morgan fingerprint density at radius 2 is 1.79 bits per heavy atom. The molecule has 5 aliphatic rings. The summed E-state index contributed by atoms with van der Waals surface area (Å²) in [6.07, 6.45) is 1.31. The first-order valence-electron chi connectivity index (χ1n) is 14.9. The second-order valence-electron chi connectivity index (χ2n) is 12.2. The van der Waals surface area contributed by atoms with Crippen molar-refractivity contribution < 1.29 is 32.0 Å². The zero-order valence-electron chi connectivity index (χ0n) is 24.2. The van der Waals surface area contributed by atoms with Crippen LogP contribution in [0.2, 0.25) is 0 Å². The van der Waals surface area contributed by atoms with Crippen molar-refractivity contribution in [1.82, 2.24) is 20.0 Å². The molecule has 3 fully saturated rings. The number of quaternary nitrogens is 1. The maximum Gasteiger partial charge on any atom is 0.573 e. The van der Waals surface area contributed by atoms with Gasteiger partial charge in [0.15, 0.2) is 11.6 Å². The summed E-state index contributed by atoms with van der Waals surface area (Å²) >= 11 is 0. The standard InChI is InChI=1S/C29H38F3N7O3/c1-36-12-9-20(10-13-36)33-27(41)19-7-8-22(24(17-19)42-29(30,31)32)34-28-35-26-23(18-39(28)15-16-39)37(2)25(40)11-14-38(26)21-5-3-4-6-21/h7-8,17,20-21H,3-6,9-16,18H2,1-2H3,(H-,33,34,35,41)/p+1. The van der Waals surface area contributed by atoms with Crippen molar-refractivity contribution in [2.24, 2.45) is 4.99 Å². The maximum atomic E-state index is 13.5. The average Bonchev–Trinajstić information content (AvgIpc) is 3.53. The number of halogens is 3. The number of ether oxygens (including phenoxy) is 1. The van der Waals surface area contributed by atoms with Gasteiger partial charge in [0.25, 0.3) is 5.91 Å². The van der Waals surface area contributed by atoms with Gasteiger partial charge >= 0.3 is 12.3 Å². The van der Waals surface area contributed by atoms with Crippen LogP contribution in [-0.4, -0.2) is 109 Å². The molecule has 2 saturated heterocycles. The summed E-state index contributed by atoms with van der Waals surface area (Å²) in [5.41, 5.74) is 1.04. The smallest absolute Gasteiger partial charge is 0.404 e. The van der Waals surface area contributed by atoms with Gasteiger partial charge < -0.3 is 24.8 Å². The van der Waals surface area contributed by atoms with E-state index >= 15 is 0 Å². The molecule has 0 aromatic heterocycles. The highest BCUT2D eigenvalue weighted by Gasteiger charge is 2.54. The minimum Gasteiger partial charge on any atom is -0.404 e. The molecule has 4 aliphatic heterocycles. The average molecular weight is 591 g/mol. The molecule has 42 heavy (non-hydrogen) atoms. The third kappa shape index (κ3) is 5.94. The molecule has 13 heteroatoms. The topological polar surface area (TPSA) is 89.5 Å². The second kappa shape index (κ2) is 11.1. The van der Waals surface area contributed by atoms with Crippen LogP contribution in [0, 0.1) is 0 Å². The third-order valence-electron chi connectivity index (χ3n) is 9.29. The Kier molecular flexibility index (Phi) is 7.58. The van der Waals surface area contributed by atoms with E-state index in [1.807, 2.05) is 7.05 Å². The number of likely N-dealkylation sites (N-methyl/N-ethyl adjacent to an activating group) is 1. The van der Waals surface area contributed by atoms with Gasteiger partial charge in [0.05, 0.1) is 5.69 Å². The summed E-state index contributed by atoms with van der Waals surface area (Å²) in [6, 6.07) is 4.36. The largest absolute Gasteiger partial charge is 0.573 e. The third-order valence-corrected chi connectivity index (χ3v) is 9.29. The highest BCUT2D eigenvalue weighted by atomic mass is 19.4. The number of rotatable bonds is 5. The van der Waals surface area contributed by atoms with Gasteiger partial charge in [-0.2, -0.15) is 4.99 Å². The van der Waals surface area contributed by atoms with Crippen LogP contribution in [-0.2, 0) is 4.79 Å². The number of amides is 2.